The third-order valence-electron chi connectivity index (χ3n) is 4.99. The molecule has 6 heteroatoms. The lowest BCUT2D eigenvalue weighted by atomic mass is 10.1. The van der Waals surface area contributed by atoms with Crippen molar-refractivity contribution >= 4 is 0 Å². The first-order chi connectivity index (χ1) is 13.4. The van der Waals surface area contributed by atoms with Crippen LogP contribution in [-0.2, 0) is 0 Å². The van der Waals surface area contributed by atoms with Gasteiger partial charge in [0.1, 0.15) is 31.1 Å². The lowest BCUT2D eigenvalue weighted by Crippen LogP contribution is -2.34. The van der Waals surface area contributed by atoms with Crippen LogP contribution in [0.1, 0.15) is 29.7 Å². The van der Waals surface area contributed by atoms with Crippen LogP contribution in [0.25, 0.3) is 5.69 Å². The summed E-state index contributed by atoms with van der Waals surface area (Å²) >= 11 is 0. The third kappa shape index (κ3) is 4.97. The minimum atomic E-state index is -0.568. The molecule has 28 heavy (non-hydrogen) atoms. The number of hydrogen-bond acceptors (Lipinski definition) is 5. The van der Waals surface area contributed by atoms with Gasteiger partial charge in [0, 0.05) is 12.6 Å². The second-order valence-corrected chi connectivity index (χ2v) is 7.28. The van der Waals surface area contributed by atoms with Gasteiger partial charge in [-0.3, -0.25) is 4.90 Å². The molecule has 3 aromatic rings. The zero-order valence-electron chi connectivity index (χ0n) is 16.9. The highest BCUT2D eigenvalue weighted by atomic mass is 16.5. The van der Waals surface area contributed by atoms with E-state index in [4.69, 9.17) is 4.74 Å². The largest absolute Gasteiger partial charge is 0.491 e. The van der Waals surface area contributed by atoms with Crippen LogP contribution >= 0.6 is 0 Å². The van der Waals surface area contributed by atoms with E-state index in [-0.39, 0.29) is 12.6 Å². The number of rotatable bonds is 8. The van der Waals surface area contributed by atoms with E-state index >= 15 is 0 Å². The van der Waals surface area contributed by atoms with Gasteiger partial charge in [-0.15, -0.1) is 0 Å². The van der Waals surface area contributed by atoms with E-state index in [1.54, 1.807) is 11.0 Å². The summed E-state index contributed by atoms with van der Waals surface area (Å²) in [5.74, 6) is 0.832. The smallest absolute Gasteiger partial charge is 0.138 e. The van der Waals surface area contributed by atoms with Gasteiger partial charge < -0.3 is 9.84 Å². The molecule has 0 aliphatic carbocycles. The average molecular weight is 380 g/mol. The number of aliphatic hydroxyl groups is 1. The van der Waals surface area contributed by atoms with Gasteiger partial charge in [0.15, 0.2) is 0 Å². The van der Waals surface area contributed by atoms with Crippen LogP contribution in [0.2, 0.25) is 0 Å². The Morgan fingerprint density at radius 1 is 1.14 bits per heavy atom. The van der Waals surface area contributed by atoms with Crippen molar-refractivity contribution in [3.63, 3.8) is 0 Å². The topological polar surface area (TPSA) is 63.4 Å². The van der Waals surface area contributed by atoms with E-state index in [2.05, 4.69) is 40.1 Å². The summed E-state index contributed by atoms with van der Waals surface area (Å²) in [4.78, 5) is 6.10. The molecule has 0 amide bonds. The van der Waals surface area contributed by atoms with Gasteiger partial charge in [-0.05, 0) is 62.7 Å². The maximum absolute atomic E-state index is 10.4. The Bertz CT molecular complexity index is 878. The maximum atomic E-state index is 10.4. The second kappa shape index (κ2) is 8.99. The highest BCUT2D eigenvalue weighted by molar-refractivity contribution is 5.36. The van der Waals surface area contributed by atoms with E-state index in [0.29, 0.717) is 6.54 Å². The van der Waals surface area contributed by atoms with E-state index in [1.807, 2.05) is 45.2 Å². The third-order valence-corrected chi connectivity index (χ3v) is 4.99. The lowest BCUT2D eigenvalue weighted by Gasteiger charge is -2.27. The monoisotopic (exact) mass is 380 g/mol. The molecule has 0 saturated carbocycles. The van der Waals surface area contributed by atoms with E-state index in [9.17, 15) is 5.11 Å². The highest BCUT2D eigenvalue weighted by Crippen LogP contribution is 2.22. The summed E-state index contributed by atoms with van der Waals surface area (Å²) in [6.07, 6.45) is 2.63. The van der Waals surface area contributed by atoms with Crippen molar-refractivity contribution in [3.05, 3.63) is 71.8 Å². The number of aromatic nitrogens is 3. The molecule has 3 rings (SSSR count). The average Bonchev–Trinajstić information content (AvgIpc) is 3.23. The quantitative estimate of drug-likeness (QED) is 0.650. The zero-order valence-corrected chi connectivity index (χ0v) is 16.9. The number of aryl methyl sites for hydroxylation is 2. The van der Waals surface area contributed by atoms with Crippen LogP contribution in [0.5, 0.6) is 5.75 Å². The summed E-state index contributed by atoms with van der Waals surface area (Å²) in [6, 6.07) is 14.5. The van der Waals surface area contributed by atoms with Crippen molar-refractivity contribution < 1.29 is 9.84 Å². The molecular weight excluding hydrogens is 352 g/mol. The molecule has 6 nitrogen and oxygen atoms in total. The van der Waals surface area contributed by atoms with Gasteiger partial charge in [0.05, 0.1) is 5.69 Å². The Morgan fingerprint density at radius 3 is 2.57 bits per heavy atom. The molecule has 1 aromatic heterocycles. The normalized spacial score (nSPS) is 13.5. The molecule has 1 N–H and O–H groups in total. The molecule has 1 heterocycles. The number of ether oxygens (including phenoxy) is 1. The van der Waals surface area contributed by atoms with Crippen molar-refractivity contribution in [1.82, 2.24) is 19.7 Å². The van der Waals surface area contributed by atoms with E-state index in [1.165, 1.54) is 11.9 Å². The van der Waals surface area contributed by atoms with Gasteiger partial charge in [0.25, 0.3) is 0 Å². The molecular formula is C22H28N4O2. The fraction of sp³-hybridized carbons (Fsp3) is 0.364. The maximum Gasteiger partial charge on any atom is 0.138 e. The predicted molar refractivity (Wildman–Crippen MR) is 110 cm³/mol. The molecule has 2 aromatic carbocycles. The predicted octanol–water partition coefficient (Wildman–Crippen LogP) is 3.32. The Hall–Kier alpha value is -2.70. The summed E-state index contributed by atoms with van der Waals surface area (Å²) in [5.41, 5.74) is 4.37. The number of benzene rings is 2. The Morgan fingerprint density at radius 2 is 1.89 bits per heavy atom. The van der Waals surface area contributed by atoms with E-state index < -0.39 is 6.10 Å². The molecule has 0 saturated heterocycles. The Kier molecular flexibility index (Phi) is 6.44. The Balaban J connectivity index is 1.54. The molecule has 2 unspecified atom stereocenters. The molecule has 0 aliphatic rings. The zero-order chi connectivity index (χ0) is 20.1. The molecule has 0 fully saturated rings. The minimum absolute atomic E-state index is 0.167. The van der Waals surface area contributed by atoms with Crippen LogP contribution in [0, 0.1) is 13.8 Å². The standard InChI is InChI=1S/C22H28N4O2/c1-16-5-6-17(2)22(11-16)28-13-21(27)12-25(4)18(3)19-7-9-20(10-8-19)26-15-23-14-24-26/h5-11,14-15,18,21,27H,12-13H2,1-4H3. The van der Waals surface area contributed by atoms with Crippen LogP contribution in [-0.4, -0.2) is 51.1 Å². The van der Waals surface area contributed by atoms with Crippen molar-refractivity contribution in [3.8, 4) is 11.4 Å². The first-order valence-corrected chi connectivity index (χ1v) is 9.47. The van der Waals surface area contributed by atoms with Crippen molar-refractivity contribution in [2.75, 3.05) is 20.2 Å². The van der Waals surface area contributed by atoms with Crippen LogP contribution in [0.4, 0.5) is 0 Å². The summed E-state index contributed by atoms with van der Waals surface area (Å²) in [5, 5.41) is 14.6. The van der Waals surface area contributed by atoms with Crippen LogP contribution in [0.15, 0.2) is 55.1 Å². The second-order valence-electron chi connectivity index (χ2n) is 7.28. The SMILES string of the molecule is Cc1ccc(C)c(OCC(O)CN(C)C(C)c2ccc(-n3cncn3)cc2)c1. The molecule has 0 spiro atoms. The van der Waals surface area contributed by atoms with Crippen molar-refractivity contribution in [2.45, 2.75) is 32.9 Å². The molecule has 0 aliphatic heterocycles. The molecule has 0 bridgehead atoms. The van der Waals surface area contributed by atoms with Gasteiger partial charge >= 0.3 is 0 Å². The van der Waals surface area contributed by atoms with Gasteiger partial charge in [0.2, 0.25) is 0 Å². The number of nitrogens with zero attached hydrogens (tertiary/aromatic N) is 4. The first kappa shape index (κ1) is 20.0. The molecule has 2 atom stereocenters. The molecule has 0 radical (unpaired) electrons. The summed E-state index contributed by atoms with van der Waals surface area (Å²) in [6.45, 7) is 6.97. The van der Waals surface area contributed by atoms with E-state index in [0.717, 1.165) is 22.6 Å². The minimum Gasteiger partial charge on any atom is -0.491 e. The first-order valence-electron chi connectivity index (χ1n) is 9.47. The number of hydrogen-bond donors (Lipinski definition) is 1. The summed E-state index contributed by atoms with van der Waals surface area (Å²) < 4.78 is 7.56. The number of likely N-dealkylation sites (N-methyl/N-ethyl adjacent to an activating group) is 1. The Labute approximate surface area is 166 Å². The molecule has 148 valence electrons. The van der Waals surface area contributed by atoms with Crippen LogP contribution in [0.3, 0.4) is 0 Å². The number of aliphatic hydroxyl groups excluding tert-OH is 1. The van der Waals surface area contributed by atoms with Gasteiger partial charge in [-0.1, -0.05) is 24.3 Å². The van der Waals surface area contributed by atoms with Crippen LogP contribution < -0.4 is 4.74 Å². The highest BCUT2D eigenvalue weighted by Gasteiger charge is 2.16. The van der Waals surface area contributed by atoms with Gasteiger partial charge in [-0.2, -0.15) is 5.10 Å². The van der Waals surface area contributed by atoms with Crippen molar-refractivity contribution in [2.24, 2.45) is 0 Å². The van der Waals surface area contributed by atoms with Gasteiger partial charge in [-0.25, -0.2) is 9.67 Å². The fourth-order valence-corrected chi connectivity index (χ4v) is 3.09. The summed E-state index contributed by atoms with van der Waals surface area (Å²) in [7, 11) is 2.01. The van der Waals surface area contributed by atoms with Crippen molar-refractivity contribution in [1.29, 1.82) is 0 Å². The lowest BCUT2D eigenvalue weighted by molar-refractivity contribution is 0.0651. The fourth-order valence-electron chi connectivity index (χ4n) is 3.09.